The molecular weight excluding hydrogens is 262 g/mol. The van der Waals surface area contributed by atoms with Gasteiger partial charge in [-0.1, -0.05) is 6.07 Å². The van der Waals surface area contributed by atoms with E-state index in [1.54, 1.807) is 0 Å². The third-order valence-electron chi connectivity index (χ3n) is 3.62. The molecule has 4 heteroatoms. The standard InChI is InChI=1S/C17H21N3O/c1-4-20-13(2)10-15(14(20)3)12-19-16-6-5-7-17(11-16)21-9-8-18/h5-7,10-11,19H,4,9,12H2,1-3H3. The molecule has 0 unspecified atom stereocenters. The first-order chi connectivity index (χ1) is 10.2. The Balaban J connectivity index is 2.05. The summed E-state index contributed by atoms with van der Waals surface area (Å²) >= 11 is 0. The Morgan fingerprint density at radius 1 is 1.29 bits per heavy atom. The molecular formula is C17H21N3O. The molecule has 1 aromatic heterocycles. The van der Waals surface area contributed by atoms with E-state index >= 15 is 0 Å². The van der Waals surface area contributed by atoms with Crippen molar-refractivity contribution in [1.82, 2.24) is 4.57 Å². The van der Waals surface area contributed by atoms with Gasteiger partial charge in [-0.05, 0) is 44.5 Å². The van der Waals surface area contributed by atoms with E-state index in [1.165, 1.54) is 17.0 Å². The van der Waals surface area contributed by atoms with E-state index in [9.17, 15) is 0 Å². The Morgan fingerprint density at radius 2 is 2.10 bits per heavy atom. The number of aromatic nitrogens is 1. The van der Waals surface area contributed by atoms with E-state index in [4.69, 9.17) is 10.00 Å². The molecule has 0 radical (unpaired) electrons. The number of nitrogens with one attached hydrogen (secondary N) is 1. The van der Waals surface area contributed by atoms with E-state index in [0.717, 1.165) is 18.8 Å². The number of anilines is 1. The number of nitrogens with zero attached hydrogens (tertiary/aromatic N) is 2. The van der Waals surface area contributed by atoms with Crippen LogP contribution in [0.5, 0.6) is 5.75 Å². The number of benzene rings is 1. The lowest BCUT2D eigenvalue weighted by atomic mass is 10.2. The van der Waals surface area contributed by atoms with Crippen LogP contribution in [0, 0.1) is 25.2 Å². The fourth-order valence-corrected chi connectivity index (χ4v) is 2.55. The Kier molecular flexibility index (Phi) is 4.89. The lowest BCUT2D eigenvalue weighted by molar-refractivity contribution is 0.368. The average molecular weight is 283 g/mol. The molecule has 0 fully saturated rings. The second-order valence-electron chi connectivity index (χ2n) is 4.97. The molecule has 1 aromatic carbocycles. The van der Waals surface area contributed by atoms with Gasteiger partial charge in [0.2, 0.25) is 0 Å². The van der Waals surface area contributed by atoms with Gasteiger partial charge in [-0.15, -0.1) is 0 Å². The van der Waals surface area contributed by atoms with Crippen molar-refractivity contribution >= 4 is 5.69 Å². The highest BCUT2D eigenvalue weighted by Gasteiger charge is 2.07. The molecule has 0 aliphatic rings. The van der Waals surface area contributed by atoms with Crippen LogP contribution in [-0.4, -0.2) is 11.2 Å². The Labute approximate surface area is 126 Å². The summed E-state index contributed by atoms with van der Waals surface area (Å²) in [6.45, 7) is 8.29. The fraction of sp³-hybridized carbons (Fsp3) is 0.353. The molecule has 2 rings (SSSR count). The smallest absolute Gasteiger partial charge is 0.174 e. The molecule has 0 aliphatic heterocycles. The van der Waals surface area contributed by atoms with Gasteiger partial charge in [-0.3, -0.25) is 0 Å². The van der Waals surface area contributed by atoms with Gasteiger partial charge in [0.15, 0.2) is 6.61 Å². The van der Waals surface area contributed by atoms with Crippen molar-refractivity contribution in [3.05, 3.63) is 47.3 Å². The zero-order valence-electron chi connectivity index (χ0n) is 12.8. The van der Waals surface area contributed by atoms with Crippen LogP contribution in [0.2, 0.25) is 0 Å². The van der Waals surface area contributed by atoms with Gasteiger partial charge in [0.1, 0.15) is 11.8 Å². The predicted octanol–water partition coefficient (Wildman–Crippen LogP) is 3.64. The largest absolute Gasteiger partial charge is 0.479 e. The second-order valence-corrected chi connectivity index (χ2v) is 4.97. The number of rotatable bonds is 6. The quantitative estimate of drug-likeness (QED) is 0.880. The number of ether oxygens (including phenoxy) is 1. The van der Waals surface area contributed by atoms with Gasteiger partial charge >= 0.3 is 0 Å². The first kappa shape index (κ1) is 15.0. The maximum Gasteiger partial charge on any atom is 0.174 e. The van der Waals surface area contributed by atoms with Gasteiger partial charge in [-0.2, -0.15) is 5.26 Å². The maximum atomic E-state index is 8.54. The van der Waals surface area contributed by atoms with Gasteiger partial charge in [0.25, 0.3) is 0 Å². The third kappa shape index (κ3) is 3.57. The molecule has 0 atom stereocenters. The molecule has 21 heavy (non-hydrogen) atoms. The molecule has 1 heterocycles. The van der Waals surface area contributed by atoms with Crippen LogP contribution in [-0.2, 0) is 13.1 Å². The molecule has 0 spiro atoms. The molecule has 0 aliphatic carbocycles. The molecule has 4 nitrogen and oxygen atoms in total. The number of aryl methyl sites for hydroxylation is 1. The average Bonchev–Trinajstić information content (AvgIpc) is 2.77. The summed E-state index contributed by atoms with van der Waals surface area (Å²) in [5.74, 6) is 0.709. The third-order valence-corrected chi connectivity index (χ3v) is 3.62. The van der Waals surface area contributed by atoms with E-state index in [-0.39, 0.29) is 6.61 Å². The van der Waals surface area contributed by atoms with E-state index < -0.39 is 0 Å². The summed E-state index contributed by atoms with van der Waals surface area (Å²) in [5, 5.41) is 11.9. The van der Waals surface area contributed by atoms with Crippen molar-refractivity contribution in [2.24, 2.45) is 0 Å². The summed E-state index contributed by atoms with van der Waals surface area (Å²) in [5.41, 5.74) is 4.89. The molecule has 1 N–H and O–H groups in total. The Hall–Kier alpha value is -2.41. The summed E-state index contributed by atoms with van der Waals surface area (Å²) in [4.78, 5) is 0. The van der Waals surface area contributed by atoms with Gasteiger partial charge in [-0.25, -0.2) is 0 Å². The van der Waals surface area contributed by atoms with Crippen molar-refractivity contribution in [3.8, 4) is 11.8 Å². The Bertz CT molecular complexity index is 653. The summed E-state index contributed by atoms with van der Waals surface area (Å²) < 4.78 is 7.62. The van der Waals surface area contributed by atoms with Crippen molar-refractivity contribution in [2.75, 3.05) is 11.9 Å². The van der Waals surface area contributed by atoms with E-state index in [2.05, 4.69) is 36.7 Å². The topological polar surface area (TPSA) is 50.0 Å². The van der Waals surface area contributed by atoms with Crippen molar-refractivity contribution in [1.29, 1.82) is 5.26 Å². The van der Waals surface area contributed by atoms with Gasteiger partial charge in [0.05, 0.1) is 0 Å². The Morgan fingerprint density at radius 3 is 2.76 bits per heavy atom. The van der Waals surface area contributed by atoms with Gasteiger partial charge in [0, 0.05) is 36.2 Å². The molecule has 0 bridgehead atoms. The maximum absolute atomic E-state index is 8.54. The van der Waals surface area contributed by atoms with Crippen molar-refractivity contribution in [2.45, 2.75) is 33.9 Å². The summed E-state index contributed by atoms with van der Waals surface area (Å²) in [7, 11) is 0. The van der Waals surface area contributed by atoms with E-state index in [0.29, 0.717) is 5.75 Å². The van der Waals surface area contributed by atoms with Gasteiger partial charge < -0.3 is 14.6 Å². The van der Waals surface area contributed by atoms with E-state index in [1.807, 2.05) is 30.3 Å². The van der Waals surface area contributed by atoms with Crippen LogP contribution in [0.1, 0.15) is 23.9 Å². The first-order valence-electron chi connectivity index (χ1n) is 7.15. The normalized spacial score (nSPS) is 10.2. The highest BCUT2D eigenvalue weighted by molar-refractivity contribution is 5.49. The lowest BCUT2D eigenvalue weighted by Gasteiger charge is -2.09. The van der Waals surface area contributed by atoms with Crippen LogP contribution in [0.3, 0.4) is 0 Å². The number of hydrogen-bond acceptors (Lipinski definition) is 3. The van der Waals surface area contributed by atoms with Crippen molar-refractivity contribution in [3.63, 3.8) is 0 Å². The highest BCUT2D eigenvalue weighted by Crippen LogP contribution is 2.20. The minimum Gasteiger partial charge on any atom is -0.479 e. The molecule has 0 saturated carbocycles. The molecule has 2 aromatic rings. The zero-order chi connectivity index (χ0) is 15.2. The summed E-state index contributed by atoms with van der Waals surface area (Å²) in [6.07, 6.45) is 0. The minimum absolute atomic E-state index is 0.0705. The molecule has 0 amide bonds. The lowest BCUT2D eigenvalue weighted by Crippen LogP contribution is -2.03. The second kappa shape index (κ2) is 6.85. The predicted molar refractivity (Wildman–Crippen MR) is 84.5 cm³/mol. The SMILES string of the molecule is CCn1c(C)cc(CNc2cccc(OCC#N)c2)c1C. The number of hydrogen-bond donors (Lipinski definition) is 1. The van der Waals surface area contributed by atoms with Crippen LogP contribution < -0.4 is 10.1 Å². The number of nitriles is 1. The van der Waals surface area contributed by atoms with Crippen LogP contribution in [0.25, 0.3) is 0 Å². The molecule has 0 saturated heterocycles. The monoisotopic (exact) mass is 283 g/mol. The fourth-order valence-electron chi connectivity index (χ4n) is 2.55. The van der Waals surface area contributed by atoms with Crippen LogP contribution in [0.4, 0.5) is 5.69 Å². The summed E-state index contributed by atoms with van der Waals surface area (Å²) in [6, 6.07) is 11.9. The highest BCUT2D eigenvalue weighted by atomic mass is 16.5. The van der Waals surface area contributed by atoms with Crippen molar-refractivity contribution < 1.29 is 4.74 Å². The minimum atomic E-state index is 0.0705. The van der Waals surface area contributed by atoms with Crippen LogP contribution in [0.15, 0.2) is 30.3 Å². The first-order valence-corrected chi connectivity index (χ1v) is 7.15. The zero-order valence-corrected chi connectivity index (χ0v) is 12.8. The molecule has 110 valence electrons. The van der Waals surface area contributed by atoms with Crippen LogP contribution >= 0.6 is 0 Å².